The zero-order chi connectivity index (χ0) is 13.3. The zero-order valence-electron chi connectivity index (χ0n) is 11.8. The van der Waals surface area contributed by atoms with Crippen LogP contribution in [0.1, 0.15) is 12.8 Å². The first-order valence-electron chi connectivity index (χ1n) is 3.77. The zero-order valence-corrected chi connectivity index (χ0v) is 19.8. The number of nitrogens with two attached hydrogens (primary N) is 1. The van der Waals surface area contributed by atoms with Crippen LogP contribution in [0.25, 0.3) is 0 Å². The van der Waals surface area contributed by atoms with Crippen molar-refractivity contribution in [2.75, 3.05) is 0 Å². The van der Waals surface area contributed by atoms with Crippen molar-refractivity contribution in [3.63, 3.8) is 0 Å². The van der Waals surface area contributed by atoms with Crippen LogP contribution in [0.2, 0.25) is 0 Å². The summed E-state index contributed by atoms with van der Waals surface area (Å²) in [7, 11) is 0. The molecule has 20 heavy (non-hydrogen) atoms. The standard InChI is InChI=1S/C5H9NO4.C2H2O4.4Na/c6-3(5(9)10)1-2-4(7)8;3-1(4)2(5)6;;;;/h3H,1-2,6H2,(H,7,8)(H,9,10);(H,3,4)(H,5,6);;;;/q;;4*+1/p-4/t3-;;;;;/m0...../s1. The predicted octanol–water partition coefficient (Wildman–Crippen LogP) is -18.9. The Morgan fingerprint density at radius 3 is 1.25 bits per heavy atom. The number of hydrogen-bond donors (Lipinski definition) is 1. The molecule has 0 aromatic heterocycles. The summed E-state index contributed by atoms with van der Waals surface area (Å²) in [5.74, 6) is -7.12. The fourth-order valence-electron chi connectivity index (χ4n) is 0.391. The monoisotopic (exact) mass is 325 g/mol. The van der Waals surface area contributed by atoms with Crippen LogP contribution in [0.3, 0.4) is 0 Å². The van der Waals surface area contributed by atoms with Gasteiger partial charge in [0.15, 0.2) is 0 Å². The van der Waals surface area contributed by atoms with Crippen molar-refractivity contribution in [3.8, 4) is 0 Å². The number of carbonyl (C=O) groups is 4. The normalized spacial score (nSPS) is 8.45. The molecule has 0 aromatic rings. The van der Waals surface area contributed by atoms with Crippen molar-refractivity contribution in [1.29, 1.82) is 0 Å². The van der Waals surface area contributed by atoms with E-state index >= 15 is 0 Å². The predicted molar refractivity (Wildman–Crippen MR) is 37.2 cm³/mol. The summed E-state index contributed by atoms with van der Waals surface area (Å²) in [6.07, 6.45) is -0.500. The number of carboxylic acid groups (broad SMARTS) is 4. The van der Waals surface area contributed by atoms with Crippen molar-refractivity contribution < 1.29 is 158 Å². The van der Waals surface area contributed by atoms with E-state index in [1.165, 1.54) is 0 Å². The molecule has 0 saturated carbocycles. The minimum absolute atomic E-state index is 0. The molecule has 13 heteroatoms. The Morgan fingerprint density at radius 1 is 0.800 bits per heavy atom. The summed E-state index contributed by atoms with van der Waals surface area (Å²) in [5, 5.41) is 37.5. The van der Waals surface area contributed by atoms with Crippen LogP contribution in [-0.2, 0) is 19.2 Å². The molecule has 0 bridgehead atoms. The molecule has 92 valence electrons. The molecule has 0 rings (SSSR count). The second-order valence-corrected chi connectivity index (χ2v) is 2.41. The van der Waals surface area contributed by atoms with Gasteiger partial charge in [-0.1, -0.05) is 0 Å². The van der Waals surface area contributed by atoms with Gasteiger partial charge >= 0.3 is 118 Å². The Bertz CT molecular complexity index is 289. The fraction of sp³-hybridized carbons (Fsp3) is 0.429. The number of aliphatic carboxylic acids is 4. The molecule has 0 aliphatic rings. The summed E-state index contributed by atoms with van der Waals surface area (Å²) in [6, 6.07) is -1.21. The van der Waals surface area contributed by atoms with E-state index in [1.54, 1.807) is 0 Å². The van der Waals surface area contributed by atoms with Crippen LogP contribution >= 0.6 is 0 Å². The van der Waals surface area contributed by atoms with Crippen LogP contribution in [0.5, 0.6) is 0 Å². The number of hydrogen-bond acceptors (Lipinski definition) is 9. The van der Waals surface area contributed by atoms with Gasteiger partial charge in [0, 0.05) is 12.0 Å². The maximum Gasteiger partial charge on any atom is 1.00 e. The molecule has 2 N–H and O–H groups in total. The maximum absolute atomic E-state index is 9.86. The Kier molecular flexibility index (Phi) is 43.7. The topological polar surface area (TPSA) is 187 Å². The summed E-state index contributed by atoms with van der Waals surface area (Å²) in [6.45, 7) is 0. The summed E-state index contributed by atoms with van der Waals surface area (Å²) in [4.78, 5) is 37.5. The van der Waals surface area contributed by atoms with E-state index in [0.29, 0.717) is 0 Å². The van der Waals surface area contributed by atoms with Gasteiger partial charge < -0.3 is 45.3 Å². The molecule has 0 aliphatic heterocycles. The average Bonchev–Trinajstić information content (AvgIpc) is 2.14. The van der Waals surface area contributed by atoms with Crippen molar-refractivity contribution in [2.45, 2.75) is 18.9 Å². The van der Waals surface area contributed by atoms with E-state index in [9.17, 15) is 19.8 Å². The van der Waals surface area contributed by atoms with Gasteiger partial charge in [0.1, 0.15) is 0 Å². The number of carbonyl (C=O) groups excluding carboxylic acids is 4. The molecule has 0 radical (unpaired) electrons. The van der Waals surface area contributed by atoms with Gasteiger partial charge in [0.05, 0.1) is 17.9 Å². The molecule has 0 amide bonds. The third-order valence-electron chi connectivity index (χ3n) is 1.13. The molecule has 0 heterocycles. The largest absolute Gasteiger partial charge is 1.00 e. The molecule has 0 spiro atoms. The molecule has 0 saturated heterocycles. The van der Waals surface area contributed by atoms with Gasteiger partial charge in [-0.15, -0.1) is 0 Å². The first-order chi connectivity index (χ1) is 7.18. The van der Waals surface area contributed by atoms with Gasteiger partial charge in [0.2, 0.25) is 0 Å². The first kappa shape index (κ1) is 37.8. The van der Waals surface area contributed by atoms with E-state index in [4.69, 9.17) is 25.5 Å². The molecule has 1 atom stereocenters. The van der Waals surface area contributed by atoms with Gasteiger partial charge in [0.25, 0.3) is 0 Å². The van der Waals surface area contributed by atoms with E-state index in [2.05, 4.69) is 0 Å². The second kappa shape index (κ2) is 23.1. The molecular weight excluding hydrogens is 318 g/mol. The van der Waals surface area contributed by atoms with Gasteiger partial charge in [-0.25, -0.2) is 0 Å². The quantitative estimate of drug-likeness (QED) is 0.386. The fourth-order valence-corrected chi connectivity index (χ4v) is 0.391. The number of carboxylic acids is 4. The Balaban J connectivity index is -0.0000000440. The van der Waals surface area contributed by atoms with Crippen LogP contribution in [0.4, 0.5) is 0 Å². The average molecular weight is 325 g/mol. The van der Waals surface area contributed by atoms with Gasteiger partial charge in [-0.3, -0.25) is 0 Å². The van der Waals surface area contributed by atoms with E-state index in [-0.39, 0.29) is 131 Å². The Morgan fingerprint density at radius 2 is 1.10 bits per heavy atom. The molecular formula is C7H7NNa4O8. The second-order valence-electron chi connectivity index (χ2n) is 2.41. The van der Waals surface area contributed by atoms with Crippen LogP contribution < -0.4 is 144 Å². The molecule has 9 nitrogen and oxygen atoms in total. The first-order valence-corrected chi connectivity index (χ1v) is 3.77. The SMILES string of the molecule is N[C@@H](CCC(=O)[O-])C(=O)[O-].O=C([O-])C(=O)[O-].[Na+].[Na+].[Na+].[Na+]. The third kappa shape index (κ3) is 32.0. The maximum atomic E-state index is 9.86. The van der Waals surface area contributed by atoms with E-state index in [0.717, 1.165) is 0 Å². The summed E-state index contributed by atoms with van der Waals surface area (Å²) < 4.78 is 0. The Labute approximate surface area is 203 Å². The molecule has 0 aliphatic carbocycles. The minimum atomic E-state index is -2.19. The Hall–Kier alpha value is 1.84. The van der Waals surface area contributed by atoms with Crippen LogP contribution in [0, 0.1) is 0 Å². The summed E-state index contributed by atoms with van der Waals surface area (Å²) >= 11 is 0. The smallest absolute Gasteiger partial charge is 0.550 e. The van der Waals surface area contributed by atoms with E-state index < -0.39 is 29.9 Å². The van der Waals surface area contributed by atoms with Crippen molar-refractivity contribution in [2.24, 2.45) is 5.73 Å². The third-order valence-corrected chi connectivity index (χ3v) is 1.13. The van der Waals surface area contributed by atoms with Crippen molar-refractivity contribution in [1.82, 2.24) is 0 Å². The van der Waals surface area contributed by atoms with Crippen LogP contribution in [0.15, 0.2) is 0 Å². The summed E-state index contributed by atoms with van der Waals surface area (Å²) in [5.41, 5.74) is 4.91. The molecule has 0 aromatic carbocycles. The van der Waals surface area contributed by atoms with Crippen LogP contribution in [-0.4, -0.2) is 29.9 Å². The molecule has 0 unspecified atom stereocenters. The van der Waals surface area contributed by atoms with Crippen molar-refractivity contribution >= 4 is 23.9 Å². The van der Waals surface area contributed by atoms with Gasteiger partial charge in [-0.05, 0) is 12.8 Å². The number of rotatable bonds is 4. The molecule has 0 fully saturated rings. The van der Waals surface area contributed by atoms with Crippen molar-refractivity contribution in [3.05, 3.63) is 0 Å². The van der Waals surface area contributed by atoms with Gasteiger partial charge in [-0.2, -0.15) is 0 Å². The minimum Gasteiger partial charge on any atom is -0.550 e. The van der Waals surface area contributed by atoms with E-state index in [1.807, 2.05) is 0 Å².